The monoisotopic (exact) mass is 177 g/mol. The number of hydrogen-bond acceptors (Lipinski definition) is 3. The standard InChI is InChI=1S/C4H10O2Si.C3H9N/c1-4-7(5-2)6-3;1-4(2)3/h4,7H,1H2,2-3H3;1-3H3. The summed E-state index contributed by atoms with van der Waals surface area (Å²) in [6, 6.07) is 0. The van der Waals surface area contributed by atoms with Crippen LogP contribution in [0.25, 0.3) is 0 Å². The molecule has 11 heavy (non-hydrogen) atoms. The molecule has 0 fully saturated rings. The second kappa shape index (κ2) is 9.84. The van der Waals surface area contributed by atoms with Crippen LogP contribution in [0.1, 0.15) is 0 Å². The van der Waals surface area contributed by atoms with Gasteiger partial charge in [-0.05, 0) is 21.1 Å². The molecule has 0 radical (unpaired) electrons. The zero-order valence-electron chi connectivity index (χ0n) is 8.13. The Balaban J connectivity index is 0. The molecule has 0 saturated carbocycles. The lowest BCUT2D eigenvalue weighted by atomic mass is 11.0. The van der Waals surface area contributed by atoms with E-state index in [2.05, 4.69) is 6.58 Å². The van der Waals surface area contributed by atoms with Crippen LogP contribution in [0.2, 0.25) is 0 Å². The molecule has 0 unspecified atom stereocenters. The highest BCUT2D eigenvalue weighted by molar-refractivity contribution is 6.50. The first-order chi connectivity index (χ1) is 5.08. The third kappa shape index (κ3) is 17.7. The van der Waals surface area contributed by atoms with Gasteiger partial charge < -0.3 is 13.8 Å². The van der Waals surface area contributed by atoms with Gasteiger partial charge >= 0.3 is 9.28 Å². The van der Waals surface area contributed by atoms with E-state index in [0.29, 0.717) is 0 Å². The largest absolute Gasteiger partial charge is 0.397 e. The number of hydrogen-bond donors (Lipinski definition) is 0. The molecule has 3 nitrogen and oxygen atoms in total. The lowest BCUT2D eigenvalue weighted by Crippen LogP contribution is -2.14. The molecule has 0 aliphatic carbocycles. The van der Waals surface area contributed by atoms with Crippen molar-refractivity contribution in [1.29, 1.82) is 0 Å². The highest BCUT2D eigenvalue weighted by Crippen LogP contribution is 1.81. The van der Waals surface area contributed by atoms with Crippen LogP contribution in [0.15, 0.2) is 12.3 Å². The van der Waals surface area contributed by atoms with Crippen LogP contribution in [0, 0.1) is 0 Å². The van der Waals surface area contributed by atoms with Gasteiger partial charge in [0.05, 0.1) is 0 Å². The third-order valence-electron chi connectivity index (χ3n) is 0.657. The fourth-order valence-corrected chi connectivity index (χ4v) is 0.866. The Morgan fingerprint density at radius 2 is 1.45 bits per heavy atom. The van der Waals surface area contributed by atoms with Crippen molar-refractivity contribution in [3.05, 3.63) is 12.3 Å². The number of nitrogens with zero attached hydrogens (tertiary/aromatic N) is 1. The molecule has 0 aromatic rings. The lowest BCUT2D eigenvalue weighted by Gasteiger charge is -2.01. The van der Waals surface area contributed by atoms with E-state index in [0.717, 1.165) is 0 Å². The predicted octanol–water partition coefficient (Wildman–Crippen LogP) is 0.403. The average molecular weight is 177 g/mol. The van der Waals surface area contributed by atoms with E-state index < -0.39 is 9.28 Å². The Morgan fingerprint density at radius 1 is 1.18 bits per heavy atom. The van der Waals surface area contributed by atoms with E-state index in [1.165, 1.54) is 0 Å². The van der Waals surface area contributed by atoms with Gasteiger partial charge in [0.1, 0.15) is 0 Å². The molecule has 0 amide bonds. The molecule has 0 aromatic carbocycles. The maximum absolute atomic E-state index is 4.85. The van der Waals surface area contributed by atoms with Gasteiger partial charge in [0, 0.05) is 14.2 Å². The highest BCUT2D eigenvalue weighted by Gasteiger charge is 1.98. The van der Waals surface area contributed by atoms with Crippen LogP contribution in [0.3, 0.4) is 0 Å². The maximum atomic E-state index is 4.85. The molecular weight excluding hydrogens is 158 g/mol. The summed E-state index contributed by atoms with van der Waals surface area (Å²) >= 11 is 0. The van der Waals surface area contributed by atoms with Gasteiger partial charge in [-0.2, -0.15) is 0 Å². The van der Waals surface area contributed by atoms with Crippen LogP contribution in [-0.2, 0) is 8.85 Å². The molecular formula is C7H19NO2Si. The summed E-state index contributed by atoms with van der Waals surface area (Å²) < 4.78 is 9.69. The average Bonchev–Trinajstić information content (AvgIpc) is 1.90. The van der Waals surface area contributed by atoms with E-state index in [-0.39, 0.29) is 0 Å². The quantitative estimate of drug-likeness (QED) is 0.583. The minimum absolute atomic E-state index is 1.41. The Bertz CT molecular complexity index is 81.8. The second-order valence-corrected chi connectivity index (χ2v) is 4.57. The van der Waals surface area contributed by atoms with Crippen LogP contribution in [0.5, 0.6) is 0 Å². The predicted molar refractivity (Wildman–Crippen MR) is 51.0 cm³/mol. The third-order valence-corrected chi connectivity index (χ3v) is 1.97. The molecule has 0 spiro atoms. The van der Waals surface area contributed by atoms with Crippen molar-refractivity contribution in [3.8, 4) is 0 Å². The minimum Gasteiger partial charge on any atom is -0.397 e. The molecule has 0 rings (SSSR count). The normalized spacial score (nSPS) is 9.36. The molecule has 0 aliphatic rings. The first kappa shape index (κ1) is 13.4. The van der Waals surface area contributed by atoms with E-state index in [1.807, 2.05) is 26.0 Å². The molecule has 0 aromatic heterocycles. The van der Waals surface area contributed by atoms with Crippen LogP contribution < -0.4 is 0 Å². The first-order valence-corrected chi connectivity index (χ1v) is 4.98. The van der Waals surface area contributed by atoms with Crippen molar-refractivity contribution in [1.82, 2.24) is 4.90 Å². The summed E-state index contributed by atoms with van der Waals surface area (Å²) in [6.07, 6.45) is 0. The van der Waals surface area contributed by atoms with Crippen LogP contribution >= 0.6 is 0 Å². The van der Waals surface area contributed by atoms with Crippen molar-refractivity contribution in [2.45, 2.75) is 0 Å². The summed E-state index contributed by atoms with van der Waals surface area (Å²) in [7, 11) is 7.85. The van der Waals surface area contributed by atoms with Crippen LogP contribution in [-0.4, -0.2) is 49.5 Å². The molecule has 0 saturated heterocycles. The molecule has 68 valence electrons. The van der Waals surface area contributed by atoms with Crippen LogP contribution in [0.4, 0.5) is 0 Å². The molecule has 0 bridgehead atoms. The van der Waals surface area contributed by atoms with Crippen molar-refractivity contribution in [3.63, 3.8) is 0 Å². The first-order valence-electron chi connectivity index (χ1n) is 3.37. The zero-order chi connectivity index (χ0) is 9.28. The van der Waals surface area contributed by atoms with Gasteiger partial charge in [-0.3, -0.25) is 0 Å². The molecule has 0 N–H and O–H groups in total. The van der Waals surface area contributed by atoms with Crippen molar-refractivity contribution in [2.24, 2.45) is 0 Å². The highest BCUT2D eigenvalue weighted by atomic mass is 28.3. The fraction of sp³-hybridized carbons (Fsp3) is 0.714. The molecule has 0 aliphatic heterocycles. The van der Waals surface area contributed by atoms with Crippen molar-refractivity contribution in [2.75, 3.05) is 35.4 Å². The van der Waals surface area contributed by atoms with E-state index in [4.69, 9.17) is 8.85 Å². The smallest absolute Gasteiger partial charge is 0.347 e. The topological polar surface area (TPSA) is 21.7 Å². The molecule has 4 heteroatoms. The summed E-state index contributed by atoms with van der Waals surface area (Å²) in [5.41, 5.74) is 1.72. The Kier molecular flexibility index (Phi) is 12.0. The summed E-state index contributed by atoms with van der Waals surface area (Å²) in [4.78, 5) is 2.00. The Morgan fingerprint density at radius 3 is 1.45 bits per heavy atom. The van der Waals surface area contributed by atoms with Gasteiger partial charge in [0.15, 0.2) is 0 Å². The fourth-order valence-electron chi connectivity index (χ4n) is 0.289. The molecule has 0 heterocycles. The summed E-state index contributed by atoms with van der Waals surface area (Å²) in [5, 5.41) is 0. The van der Waals surface area contributed by atoms with E-state index in [1.54, 1.807) is 19.9 Å². The van der Waals surface area contributed by atoms with Crippen molar-refractivity contribution >= 4 is 9.28 Å². The maximum Gasteiger partial charge on any atom is 0.347 e. The van der Waals surface area contributed by atoms with Gasteiger partial charge in [0.25, 0.3) is 0 Å². The van der Waals surface area contributed by atoms with Gasteiger partial charge in [0.2, 0.25) is 0 Å². The summed E-state index contributed by atoms with van der Waals surface area (Å²) in [6.45, 7) is 3.51. The van der Waals surface area contributed by atoms with Gasteiger partial charge in [-0.1, -0.05) is 5.70 Å². The van der Waals surface area contributed by atoms with E-state index in [9.17, 15) is 0 Å². The van der Waals surface area contributed by atoms with Crippen molar-refractivity contribution < 1.29 is 8.85 Å². The SMILES string of the molecule is C=C[SiH](OC)OC.CN(C)C. The zero-order valence-corrected chi connectivity index (χ0v) is 9.28. The Labute approximate surface area is 71.5 Å². The Hall–Kier alpha value is -0.163. The number of rotatable bonds is 3. The second-order valence-electron chi connectivity index (χ2n) is 2.42. The van der Waals surface area contributed by atoms with E-state index >= 15 is 0 Å². The van der Waals surface area contributed by atoms with Gasteiger partial charge in [-0.15, -0.1) is 6.58 Å². The minimum atomic E-state index is -1.41. The lowest BCUT2D eigenvalue weighted by molar-refractivity contribution is 0.290. The van der Waals surface area contributed by atoms with Gasteiger partial charge in [-0.25, -0.2) is 0 Å². The summed E-state index contributed by atoms with van der Waals surface area (Å²) in [5.74, 6) is 0. The molecule has 0 atom stereocenters.